The molecule has 0 fully saturated rings. The first kappa shape index (κ1) is 13.0. The smallest absolute Gasteiger partial charge is 0.416 e. The van der Waals surface area contributed by atoms with Crippen molar-refractivity contribution in [1.82, 2.24) is 5.32 Å². The quantitative estimate of drug-likeness (QED) is 0.609. The van der Waals surface area contributed by atoms with Gasteiger partial charge in [-0.15, -0.1) is 0 Å². The molecule has 0 radical (unpaired) electrons. The molecule has 2 nitrogen and oxygen atoms in total. The lowest BCUT2D eigenvalue weighted by Crippen LogP contribution is -2.22. The van der Waals surface area contributed by atoms with Crippen LogP contribution in [0.15, 0.2) is 24.3 Å². The Morgan fingerprint density at radius 2 is 1.81 bits per heavy atom. The highest BCUT2D eigenvalue weighted by molar-refractivity contribution is 5.29. The summed E-state index contributed by atoms with van der Waals surface area (Å²) in [5.41, 5.74) is -0.268. The summed E-state index contributed by atoms with van der Waals surface area (Å²) in [6.45, 7) is 1.21. The van der Waals surface area contributed by atoms with Crippen LogP contribution < -0.4 is 5.32 Å². The normalized spacial score (nSPS) is 11.8. The van der Waals surface area contributed by atoms with Crippen molar-refractivity contribution in [2.45, 2.75) is 12.6 Å². The number of benzene rings is 1. The minimum Gasteiger partial charge on any atom is -0.444 e. The first-order chi connectivity index (χ1) is 7.55. The second-order valence-corrected chi connectivity index (χ2v) is 3.40. The molecule has 0 spiro atoms. The van der Waals surface area contributed by atoms with Gasteiger partial charge in [-0.25, -0.2) is 0 Å². The Morgan fingerprint density at radius 3 is 2.44 bits per heavy atom. The number of nitrogens with one attached hydrogen (secondary N) is 1. The molecule has 0 saturated heterocycles. The van der Waals surface area contributed by atoms with Gasteiger partial charge >= 0.3 is 6.18 Å². The molecule has 5 heteroatoms. The predicted octanol–water partition coefficient (Wildman–Crippen LogP) is 1.56. The molecule has 0 aromatic heterocycles. The summed E-state index contributed by atoms with van der Waals surface area (Å²) in [7, 11) is 0. The van der Waals surface area contributed by atoms with E-state index in [-0.39, 0.29) is 6.61 Å². The Balaban J connectivity index is 2.65. The largest absolute Gasteiger partial charge is 0.444 e. The summed E-state index contributed by atoms with van der Waals surface area (Å²) in [5.74, 6) is 0. The van der Waals surface area contributed by atoms with Crippen molar-refractivity contribution in [2.75, 3.05) is 19.7 Å². The number of alkyl halides is 3. The van der Waals surface area contributed by atoms with E-state index in [1.807, 2.05) is 0 Å². The van der Waals surface area contributed by atoms with Crippen molar-refractivity contribution in [3.05, 3.63) is 35.4 Å². The summed E-state index contributed by atoms with van der Waals surface area (Å²) < 4.78 is 37.7. The lowest BCUT2D eigenvalue weighted by atomic mass is 10.0. The third-order valence-corrected chi connectivity index (χ3v) is 2.20. The third-order valence-electron chi connectivity index (χ3n) is 2.20. The molecule has 0 unspecified atom stereocenters. The topological polar surface area (TPSA) is 34.9 Å². The average Bonchev–Trinajstić information content (AvgIpc) is 2.24. The monoisotopic (exact) mass is 234 g/mol. The number of hydrogen-bond acceptors (Lipinski definition) is 1. The standard InChI is InChI=1S/C11H14F3NO/c12-11(13,14)10-4-2-1-3-9(10)5-6-15-7-8-16/h1-4,15-16H,5-8H2/p+1. The molecule has 0 heterocycles. The molecule has 0 aliphatic heterocycles. The molecule has 1 aromatic carbocycles. The molecule has 1 rings (SSSR count). The summed E-state index contributed by atoms with van der Waals surface area (Å²) in [5, 5.41) is 9.79. The fourth-order valence-electron chi connectivity index (χ4n) is 1.45. The molecule has 0 bridgehead atoms. The van der Waals surface area contributed by atoms with Gasteiger partial charge in [0.15, 0.2) is 6.61 Å². The minimum absolute atomic E-state index is 0.237. The van der Waals surface area contributed by atoms with Crippen LogP contribution in [0.1, 0.15) is 11.1 Å². The molecule has 1 aromatic rings. The van der Waals surface area contributed by atoms with Crippen molar-refractivity contribution in [1.29, 1.82) is 0 Å². The highest BCUT2D eigenvalue weighted by Gasteiger charge is 2.32. The van der Waals surface area contributed by atoms with Crippen LogP contribution in [-0.2, 0) is 12.6 Å². The van der Waals surface area contributed by atoms with Crippen molar-refractivity contribution >= 4 is 0 Å². The van der Waals surface area contributed by atoms with Gasteiger partial charge in [0.1, 0.15) is 0 Å². The SMILES string of the molecule is [OH2+]CCNCCc1ccccc1C(F)(F)F. The van der Waals surface area contributed by atoms with E-state index in [0.717, 1.165) is 6.07 Å². The number of hydrogen-bond donors (Lipinski definition) is 1. The van der Waals surface area contributed by atoms with E-state index in [9.17, 15) is 13.2 Å². The lowest BCUT2D eigenvalue weighted by molar-refractivity contribution is -0.138. The van der Waals surface area contributed by atoms with Gasteiger partial charge in [-0.05, 0) is 24.6 Å². The Kier molecular flexibility index (Phi) is 4.76. The van der Waals surface area contributed by atoms with Crippen LogP contribution in [0.25, 0.3) is 0 Å². The Hall–Kier alpha value is -1.07. The van der Waals surface area contributed by atoms with E-state index in [2.05, 4.69) is 5.32 Å². The second-order valence-electron chi connectivity index (χ2n) is 3.40. The Bertz CT molecular complexity index is 325. The maximum Gasteiger partial charge on any atom is 0.416 e. The van der Waals surface area contributed by atoms with E-state index >= 15 is 0 Å². The van der Waals surface area contributed by atoms with Gasteiger partial charge in [0.25, 0.3) is 0 Å². The Labute approximate surface area is 92.1 Å². The fraction of sp³-hybridized carbons (Fsp3) is 0.455. The first-order valence-corrected chi connectivity index (χ1v) is 5.06. The average molecular weight is 234 g/mol. The van der Waals surface area contributed by atoms with Crippen LogP contribution in [0, 0.1) is 0 Å². The maximum atomic E-state index is 12.6. The molecule has 0 atom stereocenters. The molecule has 3 N–H and O–H groups in total. The van der Waals surface area contributed by atoms with E-state index in [1.165, 1.54) is 12.1 Å². The predicted molar refractivity (Wildman–Crippen MR) is 56.5 cm³/mol. The molecule has 0 saturated carbocycles. The Morgan fingerprint density at radius 1 is 1.12 bits per heavy atom. The summed E-state index contributed by atoms with van der Waals surface area (Å²) in [4.78, 5) is 0. The van der Waals surface area contributed by atoms with Gasteiger partial charge in [-0.2, -0.15) is 13.2 Å². The van der Waals surface area contributed by atoms with Crippen LogP contribution in [-0.4, -0.2) is 24.8 Å². The van der Waals surface area contributed by atoms with Crippen LogP contribution in [0.4, 0.5) is 13.2 Å². The summed E-state index contributed by atoms with van der Waals surface area (Å²) in [6.07, 6.45) is -3.96. The summed E-state index contributed by atoms with van der Waals surface area (Å²) >= 11 is 0. The van der Waals surface area contributed by atoms with Crippen LogP contribution >= 0.6 is 0 Å². The van der Waals surface area contributed by atoms with Crippen LogP contribution in [0.3, 0.4) is 0 Å². The van der Waals surface area contributed by atoms with E-state index in [1.54, 1.807) is 6.07 Å². The molecular weight excluding hydrogens is 219 g/mol. The van der Waals surface area contributed by atoms with Crippen molar-refractivity contribution in [3.8, 4) is 0 Å². The zero-order valence-electron chi connectivity index (χ0n) is 8.77. The van der Waals surface area contributed by atoms with Gasteiger partial charge in [0, 0.05) is 0 Å². The maximum absolute atomic E-state index is 12.6. The molecule has 90 valence electrons. The van der Waals surface area contributed by atoms with Crippen LogP contribution in [0.5, 0.6) is 0 Å². The van der Waals surface area contributed by atoms with E-state index < -0.39 is 11.7 Å². The number of rotatable bonds is 5. The molecular formula is C11H15F3NO+. The fourth-order valence-corrected chi connectivity index (χ4v) is 1.45. The second kappa shape index (κ2) is 5.86. The van der Waals surface area contributed by atoms with E-state index in [0.29, 0.717) is 25.1 Å². The molecule has 0 aliphatic rings. The van der Waals surface area contributed by atoms with Crippen LogP contribution in [0.2, 0.25) is 0 Å². The van der Waals surface area contributed by atoms with Crippen molar-refractivity contribution in [3.63, 3.8) is 0 Å². The minimum atomic E-state index is -4.29. The zero-order valence-corrected chi connectivity index (χ0v) is 8.77. The third kappa shape index (κ3) is 3.83. The van der Waals surface area contributed by atoms with Gasteiger partial charge in [-0.3, -0.25) is 0 Å². The molecule has 0 amide bonds. The van der Waals surface area contributed by atoms with Crippen molar-refractivity contribution in [2.24, 2.45) is 0 Å². The summed E-state index contributed by atoms with van der Waals surface area (Å²) in [6, 6.07) is 5.59. The molecule has 0 aliphatic carbocycles. The van der Waals surface area contributed by atoms with Gasteiger partial charge in [-0.1, -0.05) is 18.2 Å². The lowest BCUT2D eigenvalue weighted by Gasteiger charge is -2.12. The van der Waals surface area contributed by atoms with Gasteiger partial charge in [0.2, 0.25) is 0 Å². The first-order valence-electron chi connectivity index (χ1n) is 5.06. The number of halogens is 3. The van der Waals surface area contributed by atoms with Gasteiger partial charge in [0.05, 0.1) is 12.1 Å². The van der Waals surface area contributed by atoms with Gasteiger partial charge < -0.3 is 10.4 Å². The zero-order chi connectivity index (χ0) is 12.0. The highest BCUT2D eigenvalue weighted by Crippen LogP contribution is 2.31. The van der Waals surface area contributed by atoms with E-state index in [4.69, 9.17) is 5.11 Å². The van der Waals surface area contributed by atoms with Crippen molar-refractivity contribution < 1.29 is 18.3 Å². The highest BCUT2D eigenvalue weighted by atomic mass is 19.4. The molecule has 16 heavy (non-hydrogen) atoms.